The van der Waals surface area contributed by atoms with Gasteiger partial charge in [-0.15, -0.1) is 0 Å². The van der Waals surface area contributed by atoms with E-state index in [2.05, 4.69) is 60.7 Å². The minimum absolute atomic E-state index is 0.585. The summed E-state index contributed by atoms with van der Waals surface area (Å²) in [5, 5.41) is 0. The van der Waals surface area contributed by atoms with Crippen molar-refractivity contribution >= 4 is 0 Å². The van der Waals surface area contributed by atoms with E-state index in [1.54, 1.807) is 11.1 Å². The summed E-state index contributed by atoms with van der Waals surface area (Å²) in [6.45, 7) is 0. The summed E-state index contributed by atoms with van der Waals surface area (Å²) in [6, 6.07) is 17.9. The number of benzene rings is 2. The van der Waals surface area contributed by atoms with Crippen molar-refractivity contribution < 1.29 is 0 Å². The summed E-state index contributed by atoms with van der Waals surface area (Å²) in [7, 11) is 0. The second kappa shape index (κ2) is 4.59. The van der Waals surface area contributed by atoms with E-state index in [0.717, 1.165) is 11.8 Å². The molecule has 1 fully saturated rings. The summed E-state index contributed by atoms with van der Waals surface area (Å²) < 4.78 is 0. The predicted octanol–water partition coefficient (Wildman–Crippen LogP) is 5.42. The Morgan fingerprint density at radius 1 is 0.909 bits per heavy atom. The Bertz CT molecular complexity index is 740. The minimum Gasteiger partial charge on any atom is -0.0851 e. The highest BCUT2D eigenvalue weighted by Crippen LogP contribution is 2.58. The van der Waals surface area contributed by atoms with Crippen molar-refractivity contribution in [3.8, 4) is 11.1 Å². The van der Waals surface area contributed by atoms with E-state index in [1.165, 1.54) is 43.2 Å². The molecule has 1 saturated carbocycles. The first-order valence-electron chi connectivity index (χ1n) is 8.69. The normalized spacial score (nSPS) is 31.6. The molecule has 0 radical (unpaired) electrons. The molecule has 0 amide bonds. The Balaban J connectivity index is 1.56. The summed E-state index contributed by atoms with van der Waals surface area (Å²) >= 11 is 0. The lowest BCUT2D eigenvalue weighted by molar-refractivity contribution is 0.195. The molecule has 1 spiro atoms. The van der Waals surface area contributed by atoms with E-state index in [0.29, 0.717) is 5.41 Å². The van der Waals surface area contributed by atoms with E-state index >= 15 is 0 Å². The van der Waals surface area contributed by atoms with Gasteiger partial charge in [-0.3, -0.25) is 0 Å². The van der Waals surface area contributed by atoms with Crippen LogP contribution in [-0.2, 0) is 12.8 Å². The Hall–Kier alpha value is -1.82. The Labute approximate surface area is 132 Å². The number of rotatable bonds is 1. The molecule has 3 aliphatic carbocycles. The number of hydrogen-bond donors (Lipinski definition) is 0. The molecule has 3 aliphatic rings. The molecule has 0 heteroatoms. The SMILES string of the molecule is C1=CC2CC1CC21CCc2c(cccc2-c2ccccc2)C1. The van der Waals surface area contributed by atoms with Crippen molar-refractivity contribution in [2.75, 3.05) is 0 Å². The van der Waals surface area contributed by atoms with Crippen molar-refractivity contribution in [3.63, 3.8) is 0 Å². The third-order valence-electron chi connectivity index (χ3n) is 6.40. The van der Waals surface area contributed by atoms with Crippen molar-refractivity contribution in [2.24, 2.45) is 17.3 Å². The molecule has 0 aromatic heterocycles. The van der Waals surface area contributed by atoms with Gasteiger partial charge < -0.3 is 0 Å². The van der Waals surface area contributed by atoms with Gasteiger partial charge in [-0.05, 0) is 71.6 Å². The zero-order chi connectivity index (χ0) is 14.6. The van der Waals surface area contributed by atoms with Gasteiger partial charge >= 0.3 is 0 Å². The maximum Gasteiger partial charge on any atom is -0.0149 e. The van der Waals surface area contributed by atoms with Crippen molar-refractivity contribution in [2.45, 2.75) is 32.1 Å². The summed E-state index contributed by atoms with van der Waals surface area (Å²) in [4.78, 5) is 0. The molecular formula is C22H22. The fourth-order valence-electron chi connectivity index (χ4n) is 5.37. The summed E-state index contributed by atoms with van der Waals surface area (Å²) in [5.41, 5.74) is 6.66. The number of allylic oxidation sites excluding steroid dienone is 2. The molecule has 110 valence electrons. The van der Waals surface area contributed by atoms with Gasteiger partial charge in [-0.25, -0.2) is 0 Å². The third-order valence-corrected chi connectivity index (χ3v) is 6.40. The van der Waals surface area contributed by atoms with Gasteiger partial charge in [0, 0.05) is 0 Å². The van der Waals surface area contributed by atoms with Crippen molar-refractivity contribution in [3.05, 3.63) is 71.8 Å². The average molecular weight is 286 g/mol. The second-order valence-electron chi connectivity index (χ2n) is 7.54. The van der Waals surface area contributed by atoms with Crippen LogP contribution in [0.2, 0.25) is 0 Å². The van der Waals surface area contributed by atoms with Gasteiger partial charge in [-0.2, -0.15) is 0 Å². The average Bonchev–Trinajstić information content (AvgIpc) is 3.16. The Kier molecular flexibility index (Phi) is 2.65. The maximum atomic E-state index is 2.53. The molecule has 0 aliphatic heterocycles. The molecule has 0 heterocycles. The molecule has 2 bridgehead atoms. The largest absolute Gasteiger partial charge is 0.0851 e. The lowest BCUT2D eigenvalue weighted by Crippen LogP contribution is -2.33. The van der Waals surface area contributed by atoms with Crippen molar-refractivity contribution in [1.29, 1.82) is 0 Å². The molecule has 2 aromatic carbocycles. The van der Waals surface area contributed by atoms with Gasteiger partial charge in [-0.1, -0.05) is 60.7 Å². The van der Waals surface area contributed by atoms with Crippen LogP contribution in [0.3, 0.4) is 0 Å². The molecule has 0 saturated heterocycles. The summed E-state index contributed by atoms with van der Waals surface area (Å²) in [6.07, 6.45) is 11.8. The number of hydrogen-bond acceptors (Lipinski definition) is 0. The Morgan fingerprint density at radius 3 is 2.59 bits per heavy atom. The van der Waals surface area contributed by atoms with Gasteiger partial charge in [0.1, 0.15) is 0 Å². The topological polar surface area (TPSA) is 0 Å². The highest BCUT2D eigenvalue weighted by atomic mass is 14.5. The van der Waals surface area contributed by atoms with Crippen LogP contribution in [0.1, 0.15) is 30.4 Å². The van der Waals surface area contributed by atoms with Crippen LogP contribution >= 0.6 is 0 Å². The highest BCUT2D eigenvalue weighted by molar-refractivity contribution is 5.69. The molecule has 0 N–H and O–H groups in total. The van der Waals surface area contributed by atoms with Gasteiger partial charge in [0.15, 0.2) is 0 Å². The standard InChI is InChI=1S/C22H22/c1-2-5-17(6-3-1)20-8-4-7-18-15-22(12-11-21(18)20)14-16-9-10-19(22)13-16/h1-10,16,19H,11-15H2. The lowest BCUT2D eigenvalue weighted by Gasteiger charge is -2.40. The monoisotopic (exact) mass is 286 g/mol. The fraction of sp³-hybridized carbons (Fsp3) is 0.364. The second-order valence-corrected chi connectivity index (χ2v) is 7.54. The van der Waals surface area contributed by atoms with E-state index in [4.69, 9.17) is 0 Å². The quantitative estimate of drug-likeness (QED) is 0.614. The van der Waals surface area contributed by atoms with Crippen LogP contribution < -0.4 is 0 Å². The van der Waals surface area contributed by atoms with Crippen LogP contribution in [0.15, 0.2) is 60.7 Å². The smallest absolute Gasteiger partial charge is 0.0149 e. The third kappa shape index (κ3) is 1.76. The summed E-state index contributed by atoms with van der Waals surface area (Å²) in [5.74, 6) is 1.73. The lowest BCUT2D eigenvalue weighted by atomic mass is 9.64. The van der Waals surface area contributed by atoms with Crippen LogP contribution in [0.4, 0.5) is 0 Å². The molecule has 0 nitrogen and oxygen atoms in total. The zero-order valence-corrected chi connectivity index (χ0v) is 13.0. The first-order chi connectivity index (χ1) is 10.8. The van der Waals surface area contributed by atoms with Crippen molar-refractivity contribution in [1.82, 2.24) is 0 Å². The molecule has 2 aromatic rings. The van der Waals surface area contributed by atoms with E-state index in [1.807, 2.05) is 0 Å². The molecule has 3 atom stereocenters. The van der Waals surface area contributed by atoms with Gasteiger partial charge in [0.2, 0.25) is 0 Å². The van der Waals surface area contributed by atoms with Gasteiger partial charge in [0.05, 0.1) is 0 Å². The fourth-order valence-corrected chi connectivity index (χ4v) is 5.37. The van der Waals surface area contributed by atoms with Crippen LogP contribution in [-0.4, -0.2) is 0 Å². The molecular weight excluding hydrogens is 264 g/mol. The Morgan fingerprint density at radius 2 is 1.82 bits per heavy atom. The van der Waals surface area contributed by atoms with E-state index in [-0.39, 0.29) is 0 Å². The van der Waals surface area contributed by atoms with Gasteiger partial charge in [0.25, 0.3) is 0 Å². The molecule has 5 rings (SSSR count). The van der Waals surface area contributed by atoms with Crippen LogP contribution in [0, 0.1) is 17.3 Å². The first kappa shape index (κ1) is 12.7. The zero-order valence-electron chi connectivity index (χ0n) is 13.0. The molecule has 3 unspecified atom stereocenters. The minimum atomic E-state index is 0.585. The molecule has 22 heavy (non-hydrogen) atoms. The number of fused-ring (bicyclic) bond motifs is 4. The highest BCUT2D eigenvalue weighted by Gasteiger charge is 2.49. The van der Waals surface area contributed by atoms with E-state index in [9.17, 15) is 0 Å². The first-order valence-corrected chi connectivity index (χ1v) is 8.69. The van der Waals surface area contributed by atoms with Crippen LogP contribution in [0.5, 0.6) is 0 Å². The maximum absolute atomic E-state index is 2.53. The van der Waals surface area contributed by atoms with Crippen LogP contribution in [0.25, 0.3) is 11.1 Å². The van der Waals surface area contributed by atoms with E-state index < -0.39 is 0 Å². The predicted molar refractivity (Wildman–Crippen MR) is 91.7 cm³/mol.